The number of aliphatic hydroxyl groups is 1. The van der Waals surface area contributed by atoms with E-state index in [1.807, 2.05) is 0 Å². The molecule has 1 aromatic heterocycles. The molecule has 1 rings (SSSR count). The third kappa shape index (κ3) is 0.812. The van der Waals surface area contributed by atoms with Gasteiger partial charge in [-0.2, -0.15) is 5.10 Å². The van der Waals surface area contributed by atoms with Crippen LogP contribution in [0.2, 0.25) is 0 Å². The summed E-state index contributed by atoms with van der Waals surface area (Å²) < 4.78 is 0. The minimum absolute atomic E-state index is 0.157. The van der Waals surface area contributed by atoms with Gasteiger partial charge in [-0.1, -0.05) is 0 Å². The Balaban J connectivity index is 3.04. The van der Waals surface area contributed by atoms with Crippen LogP contribution in [0.15, 0.2) is 0 Å². The molecule has 0 saturated carbocycles. The van der Waals surface area contributed by atoms with E-state index in [-0.39, 0.29) is 12.4 Å². The molecule has 0 aliphatic carbocycles. The summed E-state index contributed by atoms with van der Waals surface area (Å²) in [4.78, 5) is 0. The van der Waals surface area contributed by atoms with Crippen molar-refractivity contribution in [2.45, 2.75) is 6.61 Å². The molecule has 0 aromatic carbocycles. The molecular weight excluding hydrogens is 120 g/mol. The summed E-state index contributed by atoms with van der Waals surface area (Å²) in [6.45, 7) is -0.157. The zero-order chi connectivity index (χ0) is 6.85. The van der Waals surface area contributed by atoms with Crippen molar-refractivity contribution in [3.8, 4) is 0 Å². The highest BCUT2D eigenvalue weighted by molar-refractivity contribution is 5.60. The second kappa shape index (κ2) is 1.94. The molecule has 0 fully saturated rings. The van der Waals surface area contributed by atoms with Gasteiger partial charge in [-0.15, -0.1) is 0 Å². The molecule has 0 radical (unpaired) electrons. The number of nitrogens with zero attached hydrogens (tertiary/aromatic N) is 1. The predicted molar refractivity (Wildman–Crippen MR) is 33.3 cm³/mol. The van der Waals surface area contributed by atoms with Crippen molar-refractivity contribution in [1.82, 2.24) is 10.2 Å². The predicted octanol–water partition coefficient (Wildman–Crippen LogP) is -0.934. The monoisotopic (exact) mass is 128 g/mol. The Labute approximate surface area is 51.7 Å². The molecule has 0 saturated heterocycles. The Bertz CT molecular complexity index is 206. The van der Waals surface area contributed by atoms with Crippen LogP contribution in [0.4, 0.5) is 11.5 Å². The summed E-state index contributed by atoms with van der Waals surface area (Å²) in [5.41, 5.74) is 11.4. The Kier molecular flexibility index (Phi) is 1.27. The molecule has 5 nitrogen and oxygen atoms in total. The van der Waals surface area contributed by atoms with Gasteiger partial charge in [0.1, 0.15) is 0 Å². The van der Waals surface area contributed by atoms with Gasteiger partial charge in [0, 0.05) is 0 Å². The highest BCUT2D eigenvalue weighted by atomic mass is 16.3. The first-order valence-corrected chi connectivity index (χ1v) is 2.44. The minimum Gasteiger partial charge on any atom is -0.394 e. The largest absolute Gasteiger partial charge is 0.394 e. The number of aromatic nitrogens is 2. The van der Waals surface area contributed by atoms with Gasteiger partial charge >= 0.3 is 0 Å². The van der Waals surface area contributed by atoms with E-state index in [9.17, 15) is 0 Å². The van der Waals surface area contributed by atoms with Gasteiger partial charge in [0.25, 0.3) is 0 Å². The molecule has 0 aliphatic heterocycles. The Hall–Kier alpha value is -1.23. The first kappa shape index (κ1) is 5.90. The molecule has 5 heteroatoms. The molecular formula is C4H8N4O. The van der Waals surface area contributed by atoms with Crippen LogP contribution in [0.3, 0.4) is 0 Å². The number of H-pyrrole nitrogens is 1. The van der Waals surface area contributed by atoms with Gasteiger partial charge in [-0.05, 0) is 0 Å². The zero-order valence-electron chi connectivity index (χ0n) is 4.76. The summed E-state index contributed by atoms with van der Waals surface area (Å²) in [6, 6.07) is 0. The Morgan fingerprint density at radius 2 is 2.22 bits per heavy atom. The SMILES string of the molecule is Nc1n[nH]c(CO)c1N. The minimum atomic E-state index is -0.157. The van der Waals surface area contributed by atoms with Crippen LogP contribution < -0.4 is 11.5 Å². The van der Waals surface area contributed by atoms with Crippen molar-refractivity contribution in [3.05, 3.63) is 5.69 Å². The maximum absolute atomic E-state index is 8.52. The summed E-state index contributed by atoms with van der Waals surface area (Å²) in [5.74, 6) is 0.235. The number of hydrogen-bond acceptors (Lipinski definition) is 4. The quantitative estimate of drug-likeness (QED) is 0.392. The van der Waals surface area contributed by atoms with Crippen molar-refractivity contribution < 1.29 is 5.11 Å². The third-order valence-electron chi connectivity index (χ3n) is 1.07. The lowest BCUT2D eigenvalue weighted by Crippen LogP contribution is -1.94. The van der Waals surface area contributed by atoms with Gasteiger partial charge in [-0.3, -0.25) is 5.10 Å². The number of anilines is 2. The molecule has 0 spiro atoms. The van der Waals surface area contributed by atoms with E-state index < -0.39 is 0 Å². The molecule has 9 heavy (non-hydrogen) atoms. The maximum atomic E-state index is 8.52. The third-order valence-corrected chi connectivity index (χ3v) is 1.07. The van der Waals surface area contributed by atoms with Crippen LogP contribution >= 0.6 is 0 Å². The molecule has 6 N–H and O–H groups in total. The lowest BCUT2D eigenvalue weighted by molar-refractivity contribution is 0.277. The number of hydrogen-bond donors (Lipinski definition) is 4. The molecule has 1 heterocycles. The van der Waals surface area contributed by atoms with E-state index in [1.54, 1.807) is 0 Å². The van der Waals surface area contributed by atoms with Crippen LogP contribution in [0.25, 0.3) is 0 Å². The number of nitrogens with one attached hydrogen (secondary N) is 1. The molecule has 0 unspecified atom stereocenters. The molecule has 0 atom stereocenters. The average Bonchev–Trinajstić information content (AvgIpc) is 2.15. The van der Waals surface area contributed by atoms with Gasteiger partial charge < -0.3 is 16.6 Å². The van der Waals surface area contributed by atoms with Crippen molar-refractivity contribution >= 4 is 11.5 Å². The van der Waals surface area contributed by atoms with Gasteiger partial charge in [-0.25, -0.2) is 0 Å². The first-order valence-electron chi connectivity index (χ1n) is 2.44. The van der Waals surface area contributed by atoms with Crippen molar-refractivity contribution in [3.63, 3.8) is 0 Å². The lowest BCUT2D eigenvalue weighted by Gasteiger charge is -1.89. The fourth-order valence-corrected chi connectivity index (χ4v) is 0.523. The second-order valence-corrected chi connectivity index (χ2v) is 1.66. The first-order chi connectivity index (χ1) is 4.25. The standard InChI is InChI=1S/C4H8N4O/c5-3-2(1-9)7-8-4(3)6/h9H,1,5H2,(H3,6,7,8). The van der Waals surface area contributed by atoms with E-state index in [2.05, 4.69) is 10.2 Å². The summed E-state index contributed by atoms with van der Waals surface area (Å²) in [6.07, 6.45) is 0. The topological polar surface area (TPSA) is 101 Å². The number of rotatable bonds is 1. The highest BCUT2D eigenvalue weighted by Gasteiger charge is 2.03. The van der Waals surface area contributed by atoms with Gasteiger partial charge in [0.05, 0.1) is 18.0 Å². The zero-order valence-corrected chi connectivity index (χ0v) is 4.76. The molecule has 0 bridgehead atoms. The molecule has 1 aromatic rings. The average molecular weight is 128 g/mol. The fourth-order valence-electron chi connectivity index (χ4n) is 0.523. The van der Waals surface area contributed by atoms with Crippen molar-refractivity contribution in [2.75, 3.05) is 11.5 Å². The lowest BCUT2D eigenvalue weighted by atomic mass is 10.4. The van der Waals surface area contributed by atoms with Gasteiger partial charge in [0.2, 0.25) is 0 Å². The highest BCUT2D eigenvalue weighted by Crippen LogP contribution is 2.14. The summed E-state index contributed by atoms with van der Waals surface area (Å²) in [7, 11) is 0. The molecule has 0 amide bonds. The Morgan fingerprint density at radius 3 is 2.44 bits per heavy atom. The second-order valence-electron chi connectivity index (χ2n) is 1.66. The molecule has 0 aliphatic rings. The summed E-state index contributed by atoms with van der Waals surface area (Å²) >= 11 is 0. The van der Waals surface area contributed by atoms with Crippen LogP contribution in [0.5, 0.6) is 0 Å². The number of nitrogens with two attached hydrogens (primary N) is 2. The maximum Gasteiger partial charge on any atom is 0.168 e. The van der Waals surface area contributed by atoms with Crippen LogP contribution in [-0.4, -0.2) is 15.3 Å². The van der Waals surface area contributed by atoms with Crippen molar-refractivity contribution in [2.24, 2.45) is 0 Å². The smallest absolute Gasteiger partial charge is 0.168 e. The van der Waals surface area contributed by atoms with E-state index in [1.165, 1.54) is 0 Å². The number of aromatic amines is 1. The van der Waals surface area contributed by atoms with Crippen LogP contribution in [0, 0.1) is 0 Å². The van der Waals surface area contributed by atoms with Gasteiger partial charge in [0.15, 0.2) is 5.82 Å². The fraction of sp³-hybridized carbons (Fsp3) is 0.250. The van der Waals surface area contributed by atoms with Crippen LogP contribution in [0.1, 0.15) is 5.69 Å². The van der Waals surface area contributed by atoms with E-state index >= 15 is 0 Å². The number of nitrogen functional groups attached to an aromatic ring is 2. The number of aliphatic hydroxyl groups excluding tert-OH is 1. The van der Waals surface area contributed by atoms with E-state index in [0.717, 1.165) is 0 Å². The van der Waals surface area contributed by atoms with Crippen LogP contribution in [-0.2, 0) is 6.61 Å². The molecule has 50 valence electrons. The normalized spacial score (nSPS) is 9.89. The van der Waals surface area contributed by atoms with Crippen molar-refractivity contribution in [1.29, 1.82) is 0 Å². The Morgan fingerprint density at radius 1 is 1.56 bits per heavy atom. The van der Waals surface area contributed by atoms with E-state index in [0.29, 0.717) is 11.4 Å². The van der Waals surface area contributed by atoms with E-state index in [4.69, 9.17) is 16.6 Å². The summed E-state index contributed by atoms with van der Waals surface area (Å²) in [5, 5.41) is 14.6.